The predicted molar refractivity (Wildman–Crippen MR) is 51.2 cm³/mol. The summed E-state index contributed by atoms with van der Waals surface area (Å²) in [6.45, 7) is 7.45. The van der Waals surface area contributed by atoms with Crippen LogP contribution in [0.1, 0.15) is 27.7 Å². The highest BCUT2D eigenvalue weighted by Crippen LogP contribution is 2.19. The molecule has 0 heterocycles. The van der Waals surface area contributed by atoms with E-state index in [1.807, 2.05) is 27.7 Å². The number of halogens is 2. The summed E-state index contributed by atoms with van der Waals surface area (Å²) >= 11 is 11.3. The van der Waals surface area contributed by atoms with Crippen molar-refractivity contribution in [1.29, 1.82) is 0 Å². The second kappa shape index (κ2) is 5.55. The molecule has 0 aliphatic heterocycles. The second-order valence-corrected chi connectivity index (χ2v) is 3.57. The van der Waals surface area contributed by atoms with E-state index >= 15 is 0 Å². The Morgan fingerprint density at radius 1 is 0.833 bits per heavy atom. The van der Waals surface area contributed by atoms with E-state index in [0.717, 1.165) is 0 Å². The Labute approximate surface area is 83.4 Å². The molecule has 0 fully saturated rings. The first-order valence-electron chi connectivity index (χ1n) is 3.82. The molecule has 0 aliphatic carbocycles. The zero-order chi connectivity index (χ0) is 9.72. The molecule has 0 rings (SSSR count). The SMILES string of the molecule is CC(C)O/C(Cl)=C(/Cl)OC(C)C. The molecule has 2 nitrogen and oxygen atoms in total. The lowest BCUT2D eigenvalue weighted by molar-refractivity contribution is 0.122. The van der Waals surface area contributed by atoms with Gasteiger partial charge in [0, 0.05) is 0 Å². The highest BCUT2D eigenvalue weighted by atomic mass is 35.5. The van der Waals surface area contributed by atoms with E-state index in [1.54, 1.807) is 0 Å². The van der Waals surface area contributed by atoms with E-state index in [9.17, 15) is 0 Å². The van der Waals surface area contributed by atoms with Gasteiger partial charge < -0.3 is 9.47 Å². The van der Waals surface area contributed by atoms with Gasteiger partial charge >= 0.3 is 0 Å². The van der Waals surface area contributed by atoms with Gasteiger partial charge in [-0.2, -0.15) is 0 Å². The Kier molecular flexibility index (Phi) is 5.51. The molecule has 0 aromatic heterocycles. The van der Waals surface area contributed by atoms with Crippen LogP contribution in [-0.2, 0) is 9.47 Å². The van der Waals surface area contributed by atoms with Crippen molar-refractivity contribution in [3.8, 4) is 0 Å². The van der Waals surface area contributed by atoms with Crippen molar-refractivity contribution in [2.45, 2.75) is 39.9 Å². The molecular weight excluding hydrogens is 199 g/mol. The van der Waals surface area contributed by atoms with Gasteiger partial charge in [-0.3, -0.25) is 0 Å². The van der Waals surface area contributed by atoms with Crippen LogP contribution >= 0.6 is 23.2 Å². The molecule has 0 atom stereocenters. The smallest absolute Gasteiger partial charge is 0.243 e. The van der Waals surface area contributed by atoms with Crippen molar-refractivity contribution in [3.63, 3.8) is 0 Å². The maximum atomic E-state index is 5.67. The van der Waals surface area contributed by atoms with Crippen molar-refractivity contribution >= 4 is 23.2 Å². The molecule has 72 valence electrons. The summed E-state index contributed by atoms with van der Waals surface area (Å²) in [7, 11) is 0. The Hall–Kier alpha value is -0.0800. The number of ether oxygens (including phenoxy) is 2. The van der Waals surface area contributed by atoms with Crippen LogP contribution in [0.4, 0.5) is 0 Å². The Morgan fingerprint density at radius 2 is 1.08 bits per heavy atom. The fourth-order valence-electron chi connectivity index (χ4n) is 0.507. The molecule has 0 aliphatic rings. The molecule has 0 radical (unpaired) electrons. The standard InChI is InChI=1S/C8H14Cl2O2/c1-5(2)11-7(9)8(10)12-6(3)4/h5-6H,1-4H3/b8-7-. The minimum Gasteiger partial charge on any atom is -0.477 e. The minimum absolute atomic E-state index is 0.00186. The van der Waals surface area contributed by atoms with Gasteiger partial charge in [0.25, 0.3) is 0 Å². The lowest BCUT2D eigenvalue weighted by Crippen LogP contribution is -2.04. The third kappa shape index (κ3) is 5.56. The van der Waals surface area contributed by atoms with Gasteiger partial charge in [-0.1, -0.05) is 0 Å². The van der Waals surface area contributed by atoms with E-state index in [2.05, 4.69) is 0 Å². The van der Waals surface area contributed by atoms with Gasteiger partial charge in [-0.25, -0.2) is 0 Å². The van der Waals surface area contributed by atoms with Gasteiger partial charge in [0.1, 0.15) is 0 Å². The van der Waals surface area contributed by atoms with Crippen LogP contribution in [0.25, 0.3) is 0 Å². The van der Waals surface area contributed by atoms with Gasteiger partial charge in [-0.05, 0) is 50.9 Å². The molecule has 0 saturated carbocycles. The predicted octanol–water partition coefficient (Wildman–Crippen LogP) is 3.44. The fourth-order valence-corrected chi connectivity index (χ4v) is 0.952. The first-order chi connectivity index (χ1) is 5.43. The topological polar surface area (TPSA) is 18.5 Å². The zero-order valence-corrected chi connectivity index (χ0v) is 9.24. The normalized spacial score (nSPS) is 13.3. The highest BCUT2D eigenvalue weighted by molar-refractivity contribution is 6.37. The average molecular weight is 213 g/mol. The van der Waals surface area contributed by atoms with Crippen molar-refractivity contribution in [3.05, 3.63) is 10.4 Å². The van der Waals surface area contributed by atoms with Crippen molar-refractivity contribution in [2.75, 3.05) is 0 Å². The van der Waals surface area contributed by atoms with Crippen molar-refractivity contribution < 1.29 is 9.47 Å². The molecular formula is C8H14Cl2O2. The lowest BCUT2D eigenvalue weighted by atomic mass is 10.5. The summed E-state index contributed by atoms with van der Waals surface area (Å²) in [4.78, 5) is 0. The van der Waals surface area contributed by atoms with Crippen LogP contribution in [0.15, 0.2) is 10.4 Å². The molecule has 4 heteroatoms. The third-order valence-corrected chi connectivity index (χ3v) is 1.45. The van der Waals surface area contributed by atoms with Crippen LogP contribution in [0.2, 0.25) is 0 Å². The van der Waals surface area contributed by atoms with Gasteiger partial charge in [0.05, 0.1) is 12.2 Å². The summed E-state index contributed by atoms with van der Waals surface area (Å²) in [5.41, 5.74) is 0. The maximum Gasteiger partial charge on any atom is 0.243 e. The monoisotopic (exact) mass is 212 g/mol. The van der Waals surface area contributed by atoms with Gasteiger partial charge in [0.15, 0.2) is 0 Å². The quantitative estimate of drug-likeness (QED) is 0.666. The molecule has 0 spiro atoms. The van der Waals surface area contributed by atoms with Gasteiger partial charge in [-0.15, -0.1) is 0 Å². The molecule has 0 aromatic carbocycles. The third-order valence-electron chi connectivity index (χ3n) is 0.833. The zero-order valence-electron chi connectivity index (χ0n) is 7.73. The summed E-state index contributed by atoms with van der Waals surface area (Å²) < 4.78 is 10.2. The summed E-state index contributed by atoms with van der Waals surface area (Å²) in [5.74, 6) is 0. The Bertz CT molecular complexity index is 146. The van der Waals surface area contributed by atoms with Crippen LogP contribution in [0, 0.1) is 0 Å². The van der Waals surface area contributed by atoms with E-state index in [1.165, 1.54) is 0 Å². The summed E-state index contributed by atoms with van der Waals surface area (Å²) in [6.07, 6.45) is 0.00373. The number of rotatable bonds is 4. The molecule has 0 aromatic rings. The lowest BCUT2D eigenvalue weighted by Gasteiger charge is -2.12. The summed E-state index contributed by atoms with van der Waals surface area (Å²) in [6, 6.07) is 0. The van der Waals surface area contributed by atoms with E-state index in [4.69, 9.17) is 32.7 Å². The van der Waals surface area contributed by atoms with Crippen LogP contribution in [-0.4, -0.2) is 12.2 Å². The molecule has 0 bridgehead atoms. The number of hydrogen-bond acceptors (Lipinski definition) is 2. The molecule has 0 saturated heterocycles. The molecule has 0 unspecified atom stereocenters. The number of hydrogen-bond donors (Lipinski definition) is 0. The minimum atomic E-state index is 0.00186. The van der Waals surface area contributed by atoms with Crippen LogP contribution in [0.5, 0.6) is 0 Å². The van der Waals surface area contributed by atoms with E-state index in [-0.39, 0.29) is 22.6 Å². The van der Waals surface area contributed by atoms with Crippen LogP contribution in [0.3, 0.4) is 0 Å². The van der Waals surface area contributed by atoms with E-state index in [0.29, 0.717) is 0 Å². The highest BCUT2D eigenvalue weighted by Gasteiger charge is 2.07. The Balaban J connectivity index is 4.06. The summed E-state index contributed by atoms with van der Waals surface area (Å²) in [5, 5.41) is 0.223. The Morgan fingerprint density at radius 3 is 1.25 bits per heavy atom. The molecule has 12 heavy (non-hydrogen) atoms. The fraction of sp³-hybridized carbons (Fsp3) is 0.750. The largest absolute Gasteiger partial charge is 0.477 e. The van der Waals surface area contributed by atoms with Gasteiger partial charge in [0.2, 0.25) is 10.4 Å². The van der Waals surface area contributed by atoms with Crippen LogP contribution < -0.4 is 0 Å². The van der Waals surface area contributed by atoms with Crippen molar-refractivity contribution in [2.24, 2.45) is 0 Å². The first-order valence-corrected chi connectivity index (χ1v) is 4.57. The van der Waals surface area contributed by atoms with E-state index < -0.39 is 0 Å². The molecule has 0 N–H and O–H groups in total. The second-order valence-electron chi connectivity index (χ2n) is 2.88. The molecule has 0 amide bonds. The maximum absolute atomic E-state index is 5.67. The first kappa shape index (κ1) is 11.9. The van der Waals surface area contributed by atoms with Crippen molar-refractivity contribution in [1.82, 2.24) is 0 Å². The average Bonchev–Trinajstić information content (AvgIpc) is 1.84.